The molecule has 128 valence electrons. The van der Waals surface area contributed by atoms with Gasteiger partial charge in [-0.25, -0.2) is 0 Å². The molecule has 0 saturated heterocycles. The fourth-order valence-corrected chi connectivity index (χ4v) is 3.00. The number of aromatic amines is 2. The fraction of sp³-hybridized carbons (Fsp3) is 0.294. The second-order valence-electron chi connectivity index (χ2n) is 6.10. The van der Waals surface area contributed by atoms with Crippen LogP contribution >= 0.6 is 0 Å². The number of hydrogen-bond donors (Lipinski definition) is 3. The summed E-state index contributed by atoms with van der Waals surface area (Å²) in [5, 5.41) is 9.19. The van der Waals surface area contributed by atoms with E-state index in [1.807, 2.05) is 13.0 Å². The van der Waals surface area contributed by atoms with Gasteiger partial charge in [0.1, 0.15) is 11.3 Å². The second-order valence-corrected chi connectivity index (χ2v) is 6.10. The minimum Gasteiger partial charge on any atom is -0.458 e. The molecule has 0 radical (unpaired) electrons. The van der Waals surface area contributed by atoms with E-state index in [-0.39, 0.29) is 11.5 Å². The van der Waals surface area contributed by atoms with Gasteiger partial charge in [0.2, 0.25) is 5.95 Å². The van der Waals surface area contributed by atoms with Crippen LogP contribution in [0, 0.1) is 6.92 Å². The molecule has 3 aromatic rings. The van der Waals surface area contributed by atoms with Gasteiger partial charge in [0.15, 0.2) is 11.6 Å². The summed E-state index contributed by atoms with van der Waals surface area (Å²) in [4.78, 5) is 31.6. The van der Waals surface area contributed by atoms with Crippen molar-refractivity contribution in [3.05, 3.63) is 51.1 Å². The lowest BCUT2D eigenvalue weighted by Crippen LogP contribution is -2.26. The maximum absolute atomic E-state index is 12.4. The van der Waals surface area contributed by atoms with Crippen molar-refractivity contribution in [3.8, 4) is 11.6 Å². The monoisotopic (exact) mass is 339 g/mol. The molecule has 0 aliphatic heterocycles. The average molecular weight is 339 g/mol. The average Bonchev–Trinajstić information content (AvgIpc) is 3.23. The number of hydrogen-bond acceptors (Lipinski definition) is 5. The van der Waals surface area contributed by atoms with Crippen molar-refractivity contribution in [2.24, 2.45) is 0 Å². The Labute approximate surface area is 142 Å². The smallest absolute Gasteiger partial charge is 0.263 e. The van der Waals surface area contributed by atoms with E-state index in [0.29, 0.717) is 11.6 Å². The minimum absolute atomic E-state index is 0.0702. The fourth-order valence-electron chi connectivity index (χ4n) is 3.00. The Morgan fingerprint density at radius 1 is 1.28 bits per heavy atom. The van der Waals surface area contributed by atoms with Gasteiger partial charge in [-0.1, -0.05) is 0 Å². The molecular weight excluding hydrogens is 322 g/mol. The van der Waals surface area contributed by atoms with Crippen LogP contribution in [0.15, 0.2) is 27.4 Å². The number of aryl methyl sites for hydroxylation is 3. The Bertz CT molecular complexity index is 998. The number of aromatic nitrogens is 4. The lowest BCUT2D eigenvalue weighted by molar-refractivity contribution is 0.102. The van der Waals surface area contributed by atoms with E-state index in [1.165, 1.54) is 0 Å². The summed E-state index contributed by atoms with van der Waals surface area (Å²) >= 11 is 0. The van der Waals surface area contributed by atoms with Crippen molar-refractivity contribution >= 4 is 11.9 Å². The van der Waals surface area contributed by atoms with Crippen molar-refractivity contribution in [1.29, 1.82) is 0 Å². The quantitative estimate of drug-likeness (QED) is 0.676. The van der Waals surface area contributed by atoms with Crippen molar-refractivity contribution in [2.75, 3.05) is 5.32 Å². The van der Waals surface area contributed by atoms with Crippen LogP contribution in [0.3, 0.4) is 0 Å². The van der Waals surface area contributed by atoms with Crippen LogP contribution in [0.4, 0.5) is 5.95 Å². The number of fused-ring (bicyclic) bond motifs is 1. The van der Waals surface area contributed by atoms with Crippen LogP contribution in [-0.4, -0.2) is 26.1 Å². The molecule has 0 fully saturated rings. The molecule has 0 spiro atoms. The third-order valence-electron chi connectivity index (χ3n) is 4.27. The highest BCUT2D eigenvalue weighted by atomic mass is 16.3. The Morgan fingerprint density at radius 3 is 2.92 bits per heavy atom. The van der Waals surface area contributed by atoms with Gasteiger partial charge in [-0.05, 0) is 56.4 Å². The molecule has 1 aliphatic rings. The predicted molar refractivity (Wildman–Crippen MR) is 90.5 cm³/mol. The van der Waals surface area contributed by atoms with E-state index in [4.69, 9.17) is 4.42 Å². The summed E-state index contributed by atoms with van der Waals surface area (Å²) in [6.45, 7) is 1.82. The van der Waals surface area contributed by atoms with Crippen molar-refractivity contribution < 1.29 is 9.21 Å². The normalized spacial score (nSPS) is 13.5. The van der Waals surface area contributed by atoms with Gasteiger partial charge in [-0.2, -0.15) is 4.98 Å². The van der Waals surface area contributed by atoms with Gasteiger partial charge in [0, 0.05) is 5.69 Å². The zero-order valence-electron chi connectivity index (χ0n) is 13.7. The Morgan fingerprint density at radius 2 is 2.12 bits per heavy atom. The molecule has 0 unspecified atom stereocenters. The number of H-pyrrole nitrogens is 2. The van der Waals surface area contributed by atoms with Gasteiger partial charge < -0.3 is 9.40 Å². The molecule has 3 heterocycles. The highest BCUT2D eigenvalue weighted by Crippen LogP contribution is 2.20. The standard InChI is InChI=1S/C17H17N5O3/c1-9-6-7-13(25-9)14-19-17(22-21-14)20-16(24)11-8-10-4-2-3-5-12(10)18-15(11)23/h6-8H,2-5H2,1H3,(H,18,23)(H2,19,20,21,22,24). The molecule has 4 rings (SSSR count). The third-order valence-corrected chi connectivity index (χ3v) is 4.27. The van der Waals surface area contributed by atoms with Gasteiger partial charge in [0.05, 0.1) is 0 Å². The summed E-state index contributed by atoms with van der Waals surface area (Å²) in [6, 6.07) is 5.24. The molecule has 8 nitrogen and oxygen atoms in total. The van der Waals surface area contributed by atoms with Gasteiger partial charge in [0.25, 0.3) is 11.5 Å². The number of pyridine rings is 1. The molecule has 3 N–H and O–H groups in total. The van der Waals surface area contributed by atoms with Crippen LogP contribution in [0.1, 0.15) is 40.2 Å². The number of carbonyl (C=O) groups excluding carboxylic acids is 1. The molecule has 25 heavy (non-hydrogen) atoms. The first kappa shape index (κ1) is 15.4. The van der Waals surface area contributed by atoms with Crippen LogP contribution in [0.25, 0.3) is 11.6 Å². The van der Waals surface area contributed by atoms with Crippen LogP contribution in [-0.2, 0) is 12.8 Å². The van der Waals surface area contributed by atoms with Crippen molar-refractivity contribution in [2.45, 2.75) is 32.6 Å². The third kappa shape index (κ3) is 2.98. The molecule has 0 saturated carbocycles. The molecule has 1 aliphatic carbocycles. The van der Waals surface area contributed by atoms with Gasteiger partial charge >= 0.3 is 0 Å². The number of rotatable bonds is 3. The molecule has 0 atom stereocenters. The molecular formula is C17H17N5O3. The highest BCUT2D eigenvalue weighted by Gasteiger charge is 2.19. The molecule has 0 aromatic carbocycles. The zero-order valence-corrected chi connectivity index (χ0v) is 13.7. The van der Waals surface area contributed by atoms with Gasteiger partial charge in [-0.15, -0.1) is 5.10 Å². The number of nitrogens with zero attached hydrogens (tertiary/aromatic N) is 2. The van der Waals surface area contributed by atoms with E-state index in [9.17, 15) is 9.59 Å². The number of amides is 1. The first-order chi connectivity index (χ1) is 12.1. The minimum atomic E-state index is -0.532. The van der Waals surface area contributed by atoms with E-state index in [2.05, 4.69) is 25.5 Å². The zero-order chi connectivity index (χ0) is 17.4. The van der Waals surface area contributed by atoms with Crippen molar-refractivity contribution in [3.63, 3.8) is 0 Å². The van der Waals surface area contributed by atoms with Crippen LogP contribution in [0.2, 0.25) is 0 Å². The number of carbonyl (C=O) groups is 1. The summed E-state index contributed by atoms with van der Waals surface area (Å²) in [5.74, 6) is 1.24. The molecule has 8 heteroatoms. The van der Waals surface area contributed by atoms with Crippen LogP contribution < -0.4 is 10.9 Å². The second kappa shape index (κ2) is 6.04. The SMILES string of the molecule is Cc1ccc(-c2nc(NC(=O)c3cc4c([nH]c3=O)CCCC4)n[nH]2)o1. The molecule has 1 amide bonds. The van der Waals surface area contributed by atoms with E-state index >= 15 is 0 Å². The maximum atomic E-state index is 12.4. The van der Waals surface area contributed by atoms with Gasteiger partial charge in [-0.3, -0.25) is 20.0 Å². The number of furan rings is 1. The largest absolute Gasteiger partial charge is 0.458 e. The first-order valence-corrected chi connectivity index (χ1v) is 8.16. The topological polar surface area (TPSA) is 117 Å². The molecule has 3 aromatic heterocycles. The molecule has 0 bridgehead atoms. The summed E-state index contributed by atoms with van der Waals surface area (Å²) in [6.07, 6.45) is 3.84. The Balaban J connectivity index is 1.56. The Hall–Kier alpha value is -3.16. The summed E-state index contributed by atoms with van der Waals surface area (Å²) in [5.41, 5.74) is 1.63. The lowest BCUT2D eigenvalue weighted by atomic mass is 9.95. The van der Waals surface area contributed by atoms with E-state index in [1.54, 1.807) is 12.1 Å². The van der Waals surface area contributed by atoms with E-state index < -0.39 is 11.5 Å². The number of nitrogens with one attached hydrogen (secondary N) is 3. The predicted octanol–water partition coefficient (Wildman–Crippen LogP) is 2.19. The van der Waals surface area contributed by atoms with Crippen LogP contribution in [0.5, 0.6) is 0 Å². The maximum Gasteiger partial charge on any atom is 0.263 e. The van der Waals surface area contributed by atoms with E-state index in [0.717, 1.165) is 42.7 Å². The Kier molecular flexibility index (Phi) is 3.72. The highest BCUT2D eigenvalue weighted by molar-refractivity contribution is 6.03. The summed E-state index contributed by atoms with van der Waals surface area (Å²) < 4.78 is 5.45. The first-order valence-electron chi connectivity index (χ1n) is 8.16. The van der Waals surface area contributed by atoms with Crippen molar-refractivity contribution in [1.82, 2.24) is 20.2 Å². The lowest BCUT2D eigenvalue weighted by Gasteiger charge is -2.15. The summed E-state index contributed by atoms with van der Waals surface area (Å²) in [7, 11) is 0. The number of anilines is 1.